The number of aryl methyl sites for hydroxylation is 1. The van der Waals surface area contributed by atoms with Gasteiger partial charge in [-0.2, -0.15) is 8.57 Å². The van der Waals surface area contributed by atoms with Gasteiger partial charge in [0.15, 0.2) is 17.3 Å². The fourth-order valence-corrected chi connectivity index (χ4v) is 4.76. The molecule has 2 N–H and O–H groups in total. The summed E-state index contributed by atoms with van der Waals surface area (Å²) in [5, 5.41) is 0. The monoisotopic (exact) mass is 709 g/mol. The number of hydrogen-bond acceptors (Lipinski definition) is 10. The molecule has 1 amide bonds. The summed E-state index contributed by atoms with van der Waals surface area (Å²) in [6.07, 6.45) is 11.2. The van der Waals surface area contributed by atoms with Crippen molar-refractivity contribution in [2.24, 2.45) is 15.1 Å². The number of aliphatic imine (C=N–C) groups is 1. The Balaban J connectivity index is 0.000000824. The second-order valence-corrected chi connectivity index (χ2v) is 10.9. The molecular weight excluding hydrogens is 651 g/mol. The molecule has 0 spiro atoms. The maximum atomic E-state index is 11.8. The van der Waals surface area contributed by atoms with Crippen LogP contribution in [0.15, 0.2) is 64.5 Å². The molecule has 0 radical (unpaired) electrons. The molecule has 3 aromatic rings. The van der Waals surface area contributed by atoms with Crippen LogP contribution in [-0.4, -0.2) is 63.3 Å². The van der Waals surface area contributed by atoms with E-state index < -0.39 is 6.09 Å². The quantitative estimate of drug-likeness (QED) is 0.163. The lowest BCUT2D eigenvalue weighted by Gasteiger charge is -2.17. The molecule has 1 fully saturated rings. The average molecular weight is 710 g/mol. The van der Waals surface area contributed by atoms with E-state index in [1.165, 1.54) is 35.9 Å². The fraction of sp³-hybridized carbons (Fsp3) is 0.500. The Hall–Kier alpha value is -4.45. The number of unbranched alkanes of at least 4 members (excludes halogenated alkanes) is 2. The van der Waals surface area contributed by atoms with Gasteiger partial charge in [0, 0.05) is 37.4 Å². The molecule has 1 aliphatic rings. The first kappa shape index (κ1) is 45.6. The summed E-state index contributed by atoms with van der Waals surface area (Å²) in [6, 6.07) is 9.63. The molecule has 0 aliphatic carbocycles. The van der Waals surface area contributed by atoms with Crippen LogP contribution in [0.4, 0.5) is 4.79 Å². The Morgan fingerprint density at radius 1 is 1.10 bits per heavy atom. The number of benzene rings is 1. The van der Waals surface area contributed by atoms with Gasteiger partial charge >= 0.3 is 6.09 Å². The van der Waals surface area contributed by atoms with Crippen LogP contribution in [-0.2, 0) is 22.7 Å². The molecule has 11 nitrogen and oxygen atoms in total. The predicted octanol–water partition coefficient (Wildman–Crippen LogP) is 8.71. The van der Waals surface area contributed by atoms with E-state index in [9.17, 15) is 9.00 Å². The number of nitrogens with two attached hydrogens (primary N) is 1. The van der Waals surface area contributed by atoms with Crippen molar-refractivity contribution < 1.29 is 18.5 Å². The van der Waals surface area contributed by atoms with E-state index in [0.29, 0.717) is 48.5 Å². The fourth-order valence-electron chi connectivity index (χ4n) is 4.56. The molecular formula is C38H59N7O4S. The first-order chi connectivity index (χ1) is 24.3. The number of amides is 1. The summed E-state index contributed by atoms with van der Waals surface area (Å²) in [4.78, 5) is 30.5. The molecule has 1 unspecified atom stereocenters. The van der Waals surface area contributed by atoms with Crippen LogP contribution < -0.4 is 10.5 Å². The van der Waals surface area contributed by atoms with Crippen LogP contribution in [0.3, 0.4) is 0 Å². The lowest BCUT2D eigenvalue weighted by Crippen LogP contribution is -2.33. The van der Waals surface area contributed by atoms with Crippen molar-refractivity contribution in [1.82, 2.24) is 19.9 Å². The van der Waals surface area contributed by atoms with Crippen molar-refractivity contribution in [3.8, 4) is 5.75 Å². The van der Waals surface area contributed by atoms with Gasteiger partial charge < -0.3 is 15.2 Å². The van der Waals surface area contributed by atoms with Crippen molar-refractivity contribution >= 4 is 29.0 Å². The highest BCUT2D eigenvalue weighted by Gasteiger charge is 2.28. The zero-order valence-electron chi connectivity index (χ0n) is 32.0. The lowest BCUT2D eigenvalue weighted by molar-refractivity contribution is 0.168. The van der Waals surface area contributed by atoms with Crippen LogP contribution in [0.5, 0.6) is 5.75 Å². The highest BCUT2D eigenvalue weighted by molar-refractivity contribution is 7.54. The van der Waals surface area contributed by atoms with E-state index in [0.717, 1.165) is 28.9 Å². The van der Waals surface area contributed by atoms with Crippen molar-refractivity contribution in [3.05, 3.63) is 88.9 Å². The number of pyridine rings is 1. The normalized spacial score (nSPS) is 12.6. The van der Waals surface area contributed by atoms with Crippen molar-refractivity contribution in [1.29, 1.82) is 0 Å². The second-order valence-electron chi connectivity index (χ2n) is 10.5. The summed E-state index contributed by atoms with van der Waals surface area (Å²) in [6.45, 7) is 19.9. The summed E-state index contributed by atoms with van der Waals surface area (Å²) in [5.74, 6) is 2.40. The Labute approximate surface area is 304 Å². The number of cyclic esters (lactones) is 1. The van der Waals surface area contributed by atoms with E-state index in [2.05, 4.69) is 58.1 Å². The lowest BCUT2D eigenvalue weighted by atomic mass is 9.96. The number of ether oxygens (including phenoxy) is 2. The molecule has 1 saturated heterocycles. The molecule has 4 rings (SSSR count). The van der Waals surface area contributed by atoms with Gasteiger partial charge in [-0.25, -0.2) is 14.8 Å². The maximum absolute atomic E-state index is 11.8. The highest BCUT2D eigenvalue weighted by Crippen LogP contribution is 2.29. The van der Waals surface area contributed by atoms with Gasteiger partial charge in [-0.3, -0.25) is 14.9 Å². The Kier molecular flexibility index (Phi) is 24.9. The van der Waals surface area contributed by atoms with Crippen LogP contribution >= 0.6 is 0 Å². The largest absolute Gasteiger partial charge is 0.496 e. The van der Waals surface area contributed by atoms with E-state index in [-0.39, 0.29) is 11.5 Å². The summed E-state index contributed by atoms with van der Waals surface area (Å²) in [7, 11) is 3.31. The van der Waals surface area contributed by atoms with Gasteiger partial charge in [-0.05, 0) is 54.2 Å². The predicted molar refractivity (Wildman–Crippen MR) is 207 cm³/mol. The number of aromatic nitrogens is 3. The topological polar surface area (TPSA) is 145 Å². The number of rotatable bonds is 10. The van der Waals surface area contributed by atoms with Crippen LogP contribution in [0.1, 0.15) is 121 Å². The minimum atomic E-state index is -0.399. The third-order valence-corrected chi connectivity index (χ3v) is 7.51. The van der Waals surface area contributed by atoms with Crippen molar-refractivity contribution in [2.45, 2.75) is 100 Å². The molecule has 0 saturated carbocycles. The van der Waals surface area contributed by atoms with Gasteiger partial charge in [0.1, 0.15) is 18.2 Å². The number of nitrogens with zero attached hydrogens (tertiary/aromatic N) is 6. The number of amidine groups is 1. The van der Waals surface area contributed by atoms with Gasteiger partial charge in [0.2, 0.25) is 0 Å². The summed E-state index contributed by atoms with van der Waals surface area (Å²) in [5.41, 5.74) is 10.9. The summed E-state index contributed by atoms with van der Waals surface area (Å²) >= 11 is 0.259. The van der Waals surface area contributed by atoms with Crippen LogP contribution in [0.2, 0.25) is 0 Å². The maximum Gasteiger partial charge on any atom is 0.415 e. The number of hydrogen-bond donors (Lipinski definition) is 1. The SMILES string of the molecule is CC.CC.CCC(C)c1ccc(CN=S=O)cc1OC.CCCCC.CN=C(c1cnc(/C(=C/N)c2ncccn2)cc1C)N1CCOC1=O. The number of methoxy groups -OCH3 is 1. The molecule has 1 atom stereocenters. The van der Waals surface area contributed by atoms with E-state index in [1.807, 2.05) is 52.8 Å². The zero-order chi connectivity index (χ0) is 37.9. The number of carbonyl (C=O) groups excluding carboxylic acids is 1. The van der Waals surface area contributed by atoms with E-state index in [4.69, 9.17) is 15.2 Å². The molecule has 1 aromatic carbocycles. The molecule has 50 heavy (non-hydrogen) atoms. The summed E-state index contributed by atoms with van der Waals surface area (Å²) < 4.78 is 24.3. The van der Waals surface area contributed by atoms with Gasteiger partial charge in [0.25, 0.3) is 0 Å². The third kappa shape index (κ3) is 14.6. The van der Waals surface area contributed by atoms with Crippen molar-refractivity contribution in [2.75, 3.05) is 27.3 Å². The zero-order valence-corrected chi connectivity index (χ0v) is 32.8. The van der Waals surface area contributed by atoms with Gasteiger partial charge in [-0.15, -0.1) is 0 Å². The minimum absolute atomic E-state index is 0.259. The third-order valence-electron chi connectivity index (χ3n) is 7.28. The molecule has 2 aromatic heterocycles. The molecule has 12 heteroatoms. The van der Waals surface area contributed by atoms with Crippen molar-refractivity contribution in [3.63, 3.8) is 0 Å². The van der Waals surface area contributed by atoms with E-state index in [1.54, 1.807) is 38.8 Å². The smallest absolute Gasteiger partial charge is 0.415 e. The Morgan fingerprint density at radius 2 is 1.76 bits per heavy atom. The second kappa shape index (κ2) is 27.4. The van der Waals surface area contributed by atoms with Gasteiger partial charge in [-0.1, -0.05) is 86.8 Å². The molecule has 276 valence electrons. The number of carbonyl (C=O) groups is 1. The van der Waals surface area contributed by atoms with E-state index >= 15 is 0 Å². The van der Waals surface area contributed by atoms with Gasteiger partial charge in [0.05, 0.1) is 31.5 Å². The van der Waals surface area contributed by atoms with Crippen LogP contribution in [0.25, 0.3) is 5.57 Å². The minimum Gasteiger partial charge on any atom is -0.496 e. The first-order valence-electron chi connectivity index (χ1n) is 17.5. The average Bonchev–Trinajstić information content (AvgIpc) is 3.59. The standard InChI is InChI=1S/C17H18N6O2.C12H17NO2S.C5H12.2C2H6/c1-11-8-14(12(9-18)15-20-4-3-5-21-15)22-10-13(11)16(19-2)23-6-7-25-17(23)24;1-4-9(2)11-6-5-10(8-13-16-14)7-12(11)15-3;1-3-5-4-2;2*1-2/h3-5,8-10H,6-7,18H2,1-2H3;5-7,9H,4,8H2,1-3H3;3-5H2,1-2H3;2*1-2H3/b12-9-,19-16?;;;;. The Morgan fingerprint density at radius 3 is 2.22 bits per heavy atom. The Bertz CT molecular complexity index is 1510. The van der Waals surface area contributed by atoms with Crippen LogP contribution in [0, 0.1) is 6.92 Å². The molecule has 3 heterocycles. The highest BCUT2D eigenvalue weighted by atomic mass is 32.1. The molecule has 0 bridgehead atoms. The molecule has 1 aliphatic heterocycles. The first-order valence-corrected chi connectivity index (χ1v) is 18.2.